The second-order valence-electron chi connectivity index (χ2n) is 5.58. The zero-order valence-corrected chi connectivity index (χ0v) is 14.0. The Kier molecular flexibility index (Phi) is 5.85. The fourth-order valence-corrected chi connectivity index (χ4v) is 3.20. The van der Waals surface area contributed by atoms with Crippen molar-refractivity contribution in [3.8, 4) is 11.5 Å². The van der Waals surface area contributed by atoms with Crippen molar-refractivity contribution >= 4 is 11.6 Å². The highest BCUT2D eigenvalue weighted by atomic mass is 35.5. The summed E-state index contributed by atoms with van der Waals surface area (Å²) in [6, 6.07) is 11.8. The molecule has 2 aromatic carbocycles. The largest absolute Gasteiger partial charge is 0.435 e. The third-order valence-corrected chi connectivity index (χ3v) is 4.46. The average Bonchev–Trinajstić information content (AvgIpc) is 2.97. The van der Waals surface area contributed by atoms with Gasteiger partial charge in [0.15, 0.2) is 0 Å². The molecule has 2 aromatic rings. The Labute approximate surface area is 152 Å². The van der Waals surface area contributed by atoms with Gasteiger partial charge in [0.2, 0.25) is 0 Å². The molecule has 1 aliphatic heterocycles. The van der Waals surface area contributed by atoms with E-state index in [1.54, 1.807) is 24.3 Å². The zero-order chi connectivity index (χ0) is 18.7. The fraction of sp³-hybridized carbons (Fsp3) is 0.294. The summed E-state index contributed by atoms with van der Waals surface area (Å²) in [5.41, 5.74) is 7.69. The molecular formula is C17H15ClF4N2O2. The molecule has 0 aromatic heterocycles. The summed E-state index contributed by atoms with van der Waals surface area (Å²) in [6.07, 6.45) is 0. The van der Waals surface area contributed by atoms with Crippen LogP contribution in [0.3, 0.4) is 0 Å². The van der Waals surface area contributed by atoms with Crippen LogP contribution in [-0.4, -0.2) is 18.6 Å². The van der Waals surface area contributed by atoms with Crippen LogP contribution in [0.1, 0.15) is 23.2 Å². The summed E-state index contributed by atoms with van der Waals surface area (Å²) in [5, 5.41) is -0.404. The van der Waals surface area contributed by atoms with Crippen molar-refractivity contribution in [2.75, 3.05) is 0 Å². The maximum absolute atomic E-state index is 12.2. The van der Waals surface area contributed by atoms with Gasteiger partial charge in [-0.25, -0.2) is 10.9 Å². The van der Waals surface area contributed by atoms with Gasteiger partial charge in [0.25, 0.3) is 0 Å². The molecule has 0 bridgehead atoms. The summed E-state index contributed by atoms with van der Waals surface area (Å²) >= 11 is 6.53. The molecular weight excluding hydrogens is 376 g/mol. The van der Waals surface area contributed by atoms with Gasteiger partial charge in [-0.15, -0.1) is 11.6 Å². The Morgan fingerprint density at radius 2 is 1.04 bits per heavy atom. The molecule has 3 rings (SSSR count). The first-order valence-corrected chi connectivity index (χ1v) is 8.12. The third kappa shape index (κ3) is 4.38. The maximum atomic E-state index is 12.2. The second kappa shape index (κ2) is 8.11. The quantitative estimate of drug-likeness (QED) is 0.567. The fourth-order valence-electron chi connectivity index (χ4n) is 2.78. The summed E-state index contributed by atoms with van der Waals surface area (Å²) in [4.78, 5) is 0. The lowest BCUT2D eigenvalue weighted by molar-refractivity contribution is -0.0505. The first kappa shape index (κ1) is 18.8. The van der Waals surface area contributed by atoms with Crippen molar-refractivity contribution in [1.29, 1.82) is 0 Å². The Balaban J connectivity index is 1.68. The van der Waals surface area contributed by atoms with Gasteiger partial charge >= 0.3 is 13.2 Å². The van der Waals surface area contributed by atoms with E-state index in [1.807, 2.05) is 0 Å². The SMILES string of the molecule is FC(F)Oc1ccc(C2NNC(c3ccc(OC(F)F)cc3)C2Cl)cc1. The van der Waals surface area contributed by atoms with Crippen molar-refractivity contribution in [2.45, 2.75) is 30.7 Å². The second-order valence-corrected chi connectivity index (χ2v) is 6.09. The highest BCUT2D eigenvalue weighted by molar-refractivity contribution is 6.21. The monoisotopic (exact) mass is 390 g/mol. The van der Waals surface area contributed by atoms with Crippen LogP contribution in [0.2, 0.25) is 0 Å². The molecule has 2 unspecified atom stereocenters. The standard InChI is InChI=1S/C17H15ClF4N2O2/c18-13-14(9-1-5-11(6-2-9)25-16(19)20)23-24-15(13)10-3-7-12(8-4-10)26-17(21)22/h1-8,13-17,23-24H. The predicted octanol–water partition coefficient (Wildman–Crippen LogP) is 4.39. The number of hydrogen-bond acceptors (Lipinski definition) is 4. The molecule has 0 radical (unpaired) electrons. The molecule has 9 heteroatoms. The number of hydrogen-bond donors (Lipinski definition) is 2. The molecule has 1 aliphatic rings. The Morgan fingerprint density at radius 3 is 1.35 bits per heavy atom. The van der Waals surface area contributed by atoms with E-state index in [0.29, 0.717) is 0 Å². The van der Waals surface area contributed by atoms with E-state index in [2.05, 4.69) is 20.3 Å². The molecule has 1 saturated heterocycles. The van der Waals surface area contributed by atoms with Crippen LogP contribution < -0.4 is 20.3 Å². The number of hydrazine groups is 1. The highest BCUT2D eigenvalue weighted by Gasteiger charge is 2.36. The maximum Gasteiger partial charge on any atom is 0.387 e. The predicted molar refractivity (Wildman–Crippen MR) is 87.5 cm³/mol. The van der Waals surface area contributed by atoms with Gasteiger partial charge in [-0.1, -0.05) is 24.3 Å². The summed E-state index contributed by atoms with van der Waals surface area (Å²) in [7, 11) is 0. The van der Waals surface area contributed by atoms with Crippen LogP contribution in [0.25, 0.3) is 0 Å². The molecule has 1 heterocycles. The van der Waals surface area contributed by atoms with Gasteiger partial charge in [-0.3, -0.25) is 0 Å². The van der Waals surface area contributed by atoms with Gasteiger partial charge in [0.1, 0.15) is 11.5 Å². The minimum Gasteiger partial charge on any atom is -0.435 e. The van der Waals surface area contributed by atoms with Crippen LogP contribution in [0.4, 0.5) is 17.6 Å². The van der Waals surface area contributed by atoms with Crippen molar-refractivity contribution < 1.29 is 27.0 Å². The lowest BCUT2D eigenvalue weighted by atomic mass is 9.97. The topological polar surface area (TPSA) is 42.5 Å². The number of nitrogens with one attached hydrogen (secondary N) is 2. The number of halogens is 5. The molecule has 2 N–H and O–H groups in total. The molecule has 0 amide bonds. The molecule has 0 saturated carbocycles. The van der Waals surface area contributed by atoms with E-state index in [1.165, 1.54) is 24.3 Å². The molecule has 4 nitrogen and oxygen atoms in total. The van der Waals surface area contributed by atoms with Crippen LogP contribution >= 0.6 is 11.6 Å². The van der Waals surface area contributed by atoms with Crippen molar-refractivity contribution in [3.63, 3.8) is 0 Å². The van der Waals surface area contributed by atoms with Crippen LogP contribution in [-0.2, 0) is 0 Å². The van der Waals surface area contributed by atoms with Crippen molar-refractivity contribution in [3.05, 3.63) is 59.7 Å². The number of ether oxygens (including phenoxy) is 2. The highest BCUT2D eigenvalue weighted by Crippen LogP contribution is 2.36. The Bertz CT molecular complexity index is 654. The molecule has 1 fully saturated rings. The van der Waals surface area contributed by atoms with Gasteiger partial charge in [0, 0.05) is 0 Å². The smallest absolute Gasteiger partial charge is 0.387 e. The van der Waals surface area contributed by atoms with E-state index >= 15 is 0 Å². The minimum atomic E-state index is -2.88. The lowest BCUT2D eigenvalue weighted by Crippen LogP contribution is -2.26. The lowest BCUT2D eigenvalue weighted by Gasteiger charge is -2.18. The van der Waals surface area contributed by atoms with E-state index < -0.39 is 18.6 Å². The average molecular weight is 391 g/mol. The van der Waals surface area contributed by atoms with Gasteiger partial charge in [0.05, 0.1) is 17.5 Å². The van der Waals surface area contributed by atoms with Gasteiger partial charge in [-0.05, 0) is 35.4 Å². The molecule has 140 valence electrons. The Hall–Kier alpha value is -2.03. The third-order valence-electron chi connectivity index (χ3n) is 3.96. The summed E-state index contributed by atoms with van der Waals surface area (Å²) < 4.78 is 57.5. The zero-order valence-electron chi connectivity index (χ0n) is 13.2. The number of rotatable bonds is 6. The number of alkyl halides is 5. The van der Waals surface area contributed by atoms with E-state index in [4.69, 9.17) is 11.6 Å². The number of benzene rings is 2. The summed E-state index contributed by atoms with van der Waals surface area (Å²) in [6.45, 7) is -5.76. The molecule has 26 heavy (non-hydrogen) atoms. The van der Waals surface area contributed by atoms with Crippen LogP contribution in [0, 0.1) is 0 Å². The first-order chi connectivity index (χ1) is 12.4. The molecule has 0 spiro atoms. The molecule has 2 atom stereocenters. The van der Waals surface area contributed by atoms with Crippen LogP contribution in [0.5, 0.6) is 11.5 Å². The van der Waals surface area contributed by atoms with Crippen molar-refractivity contribution in [1.82, 2.24) is 10.9 Å². The molecule has 0 aliphatic carbocycles. The minimum absolute atomic E-state index is 0.0620. The first-order valence-electron chi connectivity index (χ1n) is 7.68. The van der Waals surface area contributed by atoms with Gasteiger partial charge < -0.3 is 9.47 Å². The Morgan fingerprint density at radius 1 is 0.692 bits per heavy atom. The van der Waals surface area contributed by atoms with Crippen LogP contribution in [0.15, 0.2) is 48.5 Å². The van der Waals surface area contributed by atoms with E-state index in [0.717, 1.165) is 11.1 Å². The van der Waals surface area contributed by atoms with E-state index in [-0.39, 0.29) is 23.6 Å². The summed E-state index contributed by atoms with van der Waals surface area (Å²) in [5.74, 6) is 0.124. The van der Waals surface area contributed by atoms with Crippen molar-refractivity contribution in [2.24, 2.45) is 0 Å². The van der Waals surface area contributed by atoms with E-state index in [9.17, 15) is 17.6 Å². The van der Waals surface area contributed by atoms with Gasteiger partial charge in [-0.2, -0.15) is 17.6 Å². The normalized spacial score (nSPS) is 22.8.